The van der Waals surface area contributed by atoms with Crippen molar-refractivity contribution in [3.8, 4) is 0 Å². The van der Waals surface area contributed by atoms with Crippen molar-refractivity contribution in [3.05, 3.63) is 30.1 Å². The van der Waals surface area contributed by atoms with Gasteiger partial charge in [-0.2, -0.15) is 0 Å². The Bertz CT molecular complexity index is 302. The van der Waals surface area contributed by atoms with Crippen LogP contribution in [0.3, 0.4) is 0 Å². The van der Waals surface area contributed by atoms with E-state index in [9.17, 15) is 0 Å². The molecule has 0 N–H and O–H groups in total. The molecule has 0 spiro atoms. The number of hydrogen-bond acceptors (Lipinski definition) is 2. The van der Waals surface area contributed by atoms with Crippen molar-refractivity contribution in [3.63, 3.8) is 0 Å². The Morgan fingerprint density at radius 1 is 1.53 bits per heavy atom. The second kappa shape index (κ2) is 5.08. The first kappa shape index (κ1) is 11.1. The number of likely N-dealkylation sites (tertiary alicyclic amines) is 1. The first-order valence-electron chi connectivity index (χ1n) is 5.52. The van der Waals surface area contributed by atoms with Crippen LogP contribution in [-0.4, -0.2) is 27.3 Å². The highest BCUT2D eigenvalue weighted by atomic mass is 79.9. The summed E-state index contributed by atoms with van der Waals surface area (Å²) in [6, 6.07) is 4.85. The molecular formula is C12H17BrN2. The molecule has 2 rings (SSSR count). The SMILES string of the molecule is CC1CCC(Br)CN1Cc1cccnc1. The zero-order chi connectivity index (χ0) is 10.7. The molecule has 2 nitrogen and oxygen atoms in total. The van der Waals surface area contributed by atoms with Crippen LogP contribution in [0.1, 0.15) is 25.3 Å². The van der Waals surface area contributed by atoms with E-state index in [-0.39, 0.29) is 0 Å². The third-order valence-corrected chi connectivity index (χ3v) is 3.81. The lowest BCUT2D eigenvalue weighted by atomic mass is 10.0. The fourth-order valence-electron chi connectivity index (χ4n) is 2.08. The predicted octanol–water partition coefficient (Wildman–Crippen LogP) is 2.83. The number of nitrogens with zero attached hydrogens (tertiary/aromatic N) is 2. The standard InChI is InChI=1S/C12H17BrN2/c1-10-4-5-12(13)9-15(10)8-11-3-2-6-14-7-11/h2-3,6-7,10,12H,4-5,8-9H2,1H3. The van der Waals surface area contributed by atoms with Gasteiger partial charge in [-0.05, 0) is 31.4 Å². The zero-order valence-corrected chi connectivity index (χ0v) is 10.7. The summed E-state index contributed by atoms with van der Waals surface area (Å²) >= 11 is 3.71. The Hall–Kier alpha value is -0.410. The summed E-state index contributed by atoms with van der Waals surface area (Å²) in [6.07, 6.45) is 6.38. The number of aromatic nitrogens is 1. The van der Waals surface area contributed by atoms with Crippen LogP contribution in [0.2, 0.25) is 0 Å². The number of alkyl halides is 1. The third-order valence-electron chi connectivity index (χ3n) is 3.06. The number of pyridine rings is 1. The van der Waals surface area contributed by atoms with E-state index < -0.39 is 0 Å². The second-order valence-corrected chi connectivity index (χ2v) is 5.61. The molecule has 82 valence electrons. The van der Waals surface area contributed by atoms with Gasteiger partial charge in [-0.3, -0.25) is 9.88 Å². The van der Waals surface area contributed by atoms with Gasteiger partial charge in [-0.1, -0.05) is 22.0 Å². The molecule has 0 bridgehead atoms. The first-order chi connectivity index (χ1) is 7.25. The molecule has 0 radical (unpaired) electrons. The number of rotatable bonds is 2. The van der Waals surface area contributed by atoms with Crippen molar-refractivity contribution in [2.24, 2.45) is 0 Å². The van der Waals surface area contributed by atoms with Gasteiger partial charge in [-0.25, -0.2) is 0 Å². The largest absolute Gasteiger partial charge is 0.295 e. The maximum atomic E-state index is 4.16. The molecule has 0 aliphatic carbocycles. The number of hydrogen-bond donors (Lipinski definition) is 0. The average molecular weight is 269 g/mol. The molecule has 2 atom stereocenters. The van der Waals surface area contributed by atoms with Gasteiger partial charge < -0.3 is 0 Å². The Kier molecular flexibility index (Phi) is 3.76. The predicted molar refractivity (Wildman–Crippen MR) is 66.1 cm³/mol. The Labute approximate surface area is 99.8 Å². The molecule has 2 heterocycles. The maximum Gasteiger partial charge on any atom is 0.0312 e. The molecule has 2 unspecified atom stereocenters. The van der Waals surface area contributed by atoms with E-state index in [1.807, 2.05) is 18.5 Å². The molecule has 1 aliphatic heterocycles. The van der Waals surface area contributed by atoms with Gasteiger partial charge in [-0.15, -0.1) is 0 Å². The first-order valence-corrected chi connectivity index (χ1v) is 6.44. The van der Waals surface area contributed by atoms with Gasteiger partial charge in [0, 0.05) is 36.4 Å². The molecule has 1 aliphatic rings. The fraction of sp³-hybridized carbons (Fsp3) is 0.583. The molecule has 3 heteroatoms. The minimum absolute atomic E-state index is 0.658. The van der Waals surface area contributed by atoms with Crippen LogP contribution >= 0.6 is 15.9 Å². The zero-order valence-electron chi connectivity index (χ0n) is 9.06. The number of halogens is 1. The van der Waals surface area contributed by atoms with E-state index in [4.69, 9.17) is 0 Å². The lowest BCUT2D eigenvalue weighted by molar-refractivity contribution is 0.158. The van der Waals surface area contributed by atoms with Crippen LogP contribution in [0.15, 0.2) is 24.5 Å². The third kappa shape index (κ3) is 3.02. The highest BCUT2D eigenvalue weighted by Gasteiger charge is 2.23. The Morgan fingerprint density at radius 2 is 2.40 bits per heavy atom. The van der Waals surface area contributed by atoms with Gasteiger partial charge >= 0.3 is 0 Å². The quantitative estimate of drug-likeness (QED) is 0.767. The molecule has 0 amide bonds. The second-order valence-electron chi connectivity index (χ2n) is 4.31. The average Bonchev–Trinajstić information content (AvgIpc) is 2.25. The molecular weight excluding hydrogens is 252 g/mol. The van der Waals surface area contributed by atoms with Crippen LogP contribution in [-0.2, 0) is 6.54 Å². The highest BCUT2D eigenvalue weighted by molar-refractivity contribution is 9.09. The summed E-state index contributed by atoms with van der Waals surface area (Å²) in [6.45, 7) is 4.49. The minimum atomic E-state index is 0.658. The summed E-state index contributed by atoms with van der Waals surface area (Å²) in [5.74, 6) is 0. The summed E-state index contributed by atoms with van der Waals surface area (Å²) < 4.78 is 0. The molecule has 1 aromatic rings. The topological polar surface area (TPSA) is 16.1 Å². The molecule has 1 saturated heterocycles. The maximum absolute atomic E-state index is 4.16. The van der Waals surface area contributed by atoms with E-state index in [0.29, 0.717) is 10.9 Å². The van der Waals surface area contributed by atoms with Crippen molar-refractivity contribution in [1.82, 2.24) is 9.88 Å². The van der Waals surface area contributed by atoms with E-state index >= 15 is 0 Å². The fourth-order valence-corrected chi connectivity index (χ4v) is 2.71. The normalized spacial score (nSPS) is 27.9. The van der Waals surface area contributed by atoms with Gasteiger partial charge in [0.05, 0.1) is 0 Å². The Balaban J connectivity index is 1.98. The lowest BCUT2D eigenvalue weighted by Crippen LogP contribution is -2.41. The lowest BCUT2D eigenvalue weighted by Gasteiger charge is -2.35. The van der Waals surface area contributed by atoms with Crippen LogP contribution in [0.5, 0.6) is 0 Å². The van der Waals surface area contributed by atoms with Gasteiger partial charge in [0.2, 0.25) is 0 Å². The summed E-state index contributed by atoms with van der Waals surface area (Å²) in [5, 5.41) is 0. The summed E-state index contributed by atoms with van der Waals surface area (Å²) in [7, 11) is 0. The van der Waals surface area contributed by atoms with E-state index in [1.54, 1.807) is 0 Å². The van der Waals surface area contributed by atoms with Crippen LogP contribution in [0, 0.1) is 0 Å². The van der Waals surface area contributed by atoms with E-state index in [0.717, 1.165) is 13.1 Å². The summed E-state index contributed by atoms with van der Waals surface area (Å²) in [4.78, 5) is 7.34. The van der Waals surface area contributed by atoms with Crippen molar-refractivity contribution < 1.29 is 0 Å². The van der Waals surface area contributed by atoms with Crippen LogP contribution in [0.4, 0.5) is 0 Å². The molecule has 1 fully saturated rings. The Morgan fingerprint density at radius 3 is 3.13 bits per heavy atom. The monoisotopic (exact) mass is 268 g/mol. The van der Waals surface area contributed by atoms with Gasteiger partial charge in [0.25, 0.3) is 0 Å². The minimum Gasteiger partial charge on any atom is -0.295 e. The molecule has 15 heavy (non-hydrogen) atoms. The van der Waals surface area contributed by atoms with Crippen LogP contribution < -0.4 is 0 Å². The van der Waals surface area contributed by atoms with Gasteiger partial charge in [0.1, 0.15) is 0 Å². The van der Waals surface area contributed by atoms with Gasteiger partial charge in [0.15, 0.2) is 0 Å². The van der Waals surface area contributed by atoms with E-state index in [1.165, 1.54) is 18.4 Å². The van der Waals surface area contributed by atoms with E-state index in [2.05, 4.69) is 38.8 Å². The highest BCUT2D eigenvalue weighted by Crippen LogP contribution is 2.23. The van der Waals surface area contributed by atoms with Crippen molar-refractivity contribution in [2.75, 3.05) is 6.54 Å². The van der Waals surface area contributed by atoms with Crippen molar-refractivity contribution in [1.29, 1.82) is 0 Å². The van der Waals surface area contributed by atoms with Crippen molar-refractivity contribution >= 4 is 15.9 Å². The molecule has 0 saturated carbocycles. The summed E-state index contributed by atoms with van der Waals surface area (Å²) in [5.41, 5.74) is 1.31. The van der Waals surface area contributed by atoms with Crippen molar-refractivity contribution in [2.45, 2.75) is 37.2 Å². The smallest absolute Gasteiger partial charge is 0.0312 e. The van der Waals surface area contributed by atoms with Crippen LogP contribution in [0.25, 0.3) is 0 Å². The molecule has 0 aromatic carbocycles. The molecule has 1 aromatic heterocycles. The number of piperidine rings is 1.